The first-order valence-electron chi connectivity index (χ1n) is 5.64. The molecule has 3 N–H and O–H groups in total. The Bertz CT molecular complexity index is 583. The van der Waals surface area contributed by atoms with E-state index in [0.717, 1.165) is 0 Å². The normalized spacial score (nSPS) is 14.3. The van der Waals surface area contributed by atoms with Crippen molar-refractivity contribution in [1.29, 1.82) is 0 Å². The summed E-state index contributed by atoms with van der Waals surface area (Å²) in [6.07, 6.45) is 2.30. The lowest BCUT2D eigenvalue weighted by molar-refractivity contribution is 0.292. The van der Waals surface area contributed by atoms with Crippen LogP contribution in [0.5, 0.6) is 11.5 Å². The van der Waals surface area contributed by atoms with Crippen LogP contribution in [0.1, 0.15) is 6.42 Å². The Morgan fingerprint density at radius 2 is 1.94 bits per heavy atom. The van der Waals surface area contributed by atoms with Crippen LogP contribution in [-0.2, 0) is 0 Å². The van der Waals surface area contributed by atoms with Gasteiger partial charge in [0.1, 0.15) is 5.82 Å². The second-order valence-electron chi connectivity index (χ2n) is 4.00. The van der Waals surface area contributed by atoms with Gasteiger partial charge in [-0.15, -0.1) is 0 Å². The van der Waals surface area contributed by atoms with Crippen LogP contribution in [0.4, 0.5) is 10.2 Å². The van der Waals surface area contributed by atoms with Gasteiger partial charge in [0.25, 0.3) is 0 Å². The van der Waals surface area contributed by atoms with Crippen LogP contribution in [0.2, 0.25) is 0 Å². The number of fused-ring (bicyclic) bond motifs is 1. The van der Waals surface area contributed by atoms with Gasteiger partial charge in [0.15, 0.2) is 17.3 Å². The van der Waals surface area contributed by atoms with Gasteiger partial charge < -0.3 is 15.2 Å². The number of anilines is 1. The average molecular weight is 249 g/mol. The van der Waals surface area contributed by atoms with Crippen molar-refractivity contribution in [2.75, 3.05) is 18.9 Å². The van der Waals surface area contributed by atoms with Crippen LogP contribution in [0.25, 0.3) is 11.1 Å². The molecule has 0 spiro atoms. The summed E-state index contributed by atoms with van der Waals surface area (Å²) in [6.45, 7) is 0.926. The summed E-state index contributed by atoms with van der Waals surface area (Å²) in [7, 11) is 0. The molecule has 2 heterocycles. The maximum absolute atomic E-state index is 13.7. The Kier molecular flexibility index (Phi) is 2.55. The molecule has 0 aliphatic carbocycles. The average Bonchev–Trinajstić information content (AvgIpc) is 2.65. The van der Waals surface area contributed by atoms with Crippen LogP contribution in [0, 0.1) is 5.82 Å². The van der Waals surface area contributed by atoms with Crippen molar-refractivity contribution in [3.63, 3.8) is 0 Å². The van der Waals surface area contributed by atoms with E-state index in [9.17, 15) is 4.39 Å². The van der Waals surface area contributed by atoms with Crippen LogP contribution >= 0.6 is 0 Å². The molecule has 0 fully saturated rings. The molecule has 0 radical (unpaired) electrons. The Labute approximate surface area is 103 Å². The zero-order valence-corrected chi connectivity index (χ0v) is 9.57. The number of nitrogens with one attached hydrogen (secondary N) is 1. The van der Waals surface area contributed by atoms with Crippen LogP contribution in [0.15, 0.2) is 18.3 Å². The Balaban J connectivity index is 2.19. The molecule has 1 aliphatic heterocycles. The molecule has 0 saturated carbocycles. The monoisotopic (exact) mass is 249 g/mol. The Morgan fingerprint density at radius 1 is 1.17 bits per heavy atom. The molecule has 1 aliphatic rings. The Hall–Kier alpha value is -2.24. The number of nitrogens with zero attached hydrogens (tertiary/aromatic N) is 1. The maximum Gasteiger partial charge on any atom is 0.197 e. The van der Waals surface area contributed by atoms with E-state index in [1.54, 1.807) is 12.3 Å². The van der Waals surface area contributed by atoms with Gasteiger partial charge in [0.2, 0.25) is 0 Å². The van der Waals surface area contributed by atoms with Crippen LogP contribution < -0.4 is 15.2 Å². The molecule has 18 heavy (non-hydrogen) atoms. The van der Waals surface area contributed by atoms with Gasteiger partial charge in [-0.2, -0.15) is 5.10 Å². The second-order valence-corrected chi connectivity index (χ2v) is 4.00. The van der Waals surface area contributed by atoms with Crippen molar-refractivity contribution >= 4 is 5.82 Å². The van der Waals surface area contributed by atoms with Crippen molar-refractivity contribution in [2.24, 2.45) is 0 Å². The third kappa shape index (κ3) is 1.66. The number of H-pyrrole nitrogens is 1. The molecule has 0 bridgehead atoms. The number of nitrogens with two attached hydrogens (primary N) is 1. The third-order valence-corrected chi connectivity index (χ3v) is 2.80. The molecule has 94 valence electrons. The smallest absolute Gasteiger partial charge is 0.197 e. The maximum atomic E-state index is 13.7. The van der Waals surface area contributed by atoms with Crippen molar-refractivity contribution in [2.45, 2.75) is 6.42 Å². The molecule has 2 aromatic rings. The second kappa shape index (κ2) is 4.21. The zero-order valence-electron chi connectivity index (χ0n) is 9.57. The molecule has 6 heteroatoms. The molecule has 1 aromatic heterocycles. The summed E-state index contributed by atoms with van der Waals surface area (Å²) in [4.78, 5) is 0. The first-order chi connectivity index (χ1) is 8.77. The molecule has 0 unspecified atom stereocenters. The molecule has 0 saturated heterocycles. The van der Waals surface area contributed by atoms with Crippen molar-refractivity contribution in [1.82, 2.24) is 10.2 Å². The fourth-order valence-corrected chi connectivity index (χ4v) is 1.95. The van der Waals surface area contributed by atoms with E-state index in [4.69, 9.17) is 15.2 Å². The molecule has 1 aromatic carbocycles. The number of ether oxygens (including phenoxy) is 2. The number of hydrogen-bond acceptors (Lipinski definition) is 4. The summed E-state index contributed by atoms with van der Waals surface area (Å²) in [5.74, 6) is 0.514. The lowest BCUT2D eigenvalue weighted by Gasteiger charge is -2.12. The van der Waals surface area contributed by atoms with Gasteiger partial charge in [-0.25, -0.2) is 4.39 Å². The van der Waals surface area contributed by atoms with Crippen molar-refractivity contribution in [3.8, 4) is 22.6 Å². The number of halogens is 1. The topological polar surface area (TPSA) is 73.2 Å². The van der Waals surface area contributed by atoms with E-state index in [-0.39, 0.29) is 5.75 Å². The number of benzene rings is 1. The molecule has 5 nitrogen and oxygen atoms in total. The predicted molar refractivity (Wildman–Crippen MR) is 64.0 cm³/mol. The van der Waals surface area contributed by atoms with Crippen LogP contribution in [0.3, 0.4) is 0 Å². The number of hydrogen-bond donors (Lipinski definition) is 2. The first kappa shape index (κ1) is 10.9. The highest BCUT2D eigenvalue weighted by Gasteiger charge is 2.21. The molecule has 3 rings (SSSR count). The largest absolute Gasteiger partial charge is 0.489 e. The van der Waals surface area contributed by atoms with Crippen molar-refractivity contribution in [3.05, 3.63) is 24.1 Å². The van der Waals surface area contributed by atoms with E-state index in [1.807, 2.05) is 0 Å². The number of aromatic amines is 1. The number of aromatic nitrogens is 2. The molecule has 0 amide bonds. The highest BCUT2D eigenvalue weighted by molar-refractivity contribution is 5.80. The minimum atomic E-state index is -0.433. The lowest BCUT2D eigenvalue weighted by atomic mass is 10.1. The van der Waals surface area contributed by atoms with E-state index >= 15 is 0 Å². The standard InChI is InChI=1S/C12H12FN3O2/c13-9-3-2-7(8-6-15-16-12(8)14)10-11(9)18-5-1-4-17-10/h2-3,6H,1,4-5H2,(H3,14,15,16). The highest BCUT2D eigenvalue weighted by Crippen LogP contribution is 2.42. The van der Waals surface area contributed by atoms with Crippen LogP contribution in [-0.4, -0.2) is 23.4 Å². The fourth-order valence-electron chi connectivity index (χ4n) is 1.95. The molecule has 0 atom stereocenters. The first-order valence-corrected chi connectivity index (χ1v) is 5.64. The van der Waals surface area contributed by atoms with Gasteiger partial charge in [0, 0.05) is 17.5 Å². The van der Waals surface area contributed by atoms with E-state index in [2.05, 4.69) is 10.2 Å². The Morgan fingerprint density at radius 3 is 2.67 bits per heavy atom. The van der Waals surface area contributed by atoms with Crippen molar-refractivity contribution < 1.29 is 13.9 Å². The lowest BCUT2D eigenvalue weighted by Crippen LogP contribution is -1.98. The summed E-state index contributed by atoms with van der Waals surface area (Å²) in [5.41, 5.74) is 7.13. The van der Waals surface area contributed by atoms with Gasteiger partial charge in [-0.1, -0.05) is 0 Å². The minimum absolute atomic E-state index is 0.144. The fraction of sp³-hybridized carbons (Fsp3) is 0.250. The number of nitrogen functional groups attached to an aromatic ring is 1. The van der Waals surface area contributed by atoms with E-state index in [1.165, 1.54) is 6.07 Å². The van der Waals surface area contributed by atoms with E-state index in [0.29, 0.717) is 42.3 Å². The molecular formula is C12H12FN3O2. The van der Waals surface area contributed by atoms with Gasteiger partial charge in [-0.3, -0.25) is 5.10 Å². The minimum Gasteiger partial charge on any atom is -0.489 e. The SMILES string of the molecule is Nc1[nH]ncc1-c1ccc(F)c2c1OCCCO2. The summed E-state index contributed by atoms with van der Waals surface area (Å²) in [6, 6.07) is 2.96. The van der Waals surface area contributed by atoms with Gasteiger partial charge in [-0.05, 0) is 12.1 Å². The summed E-state index contributed by atoms with van der Waals surface area (Å²) < 4.78 is 24.7. The highest BCUT2D eigenvalue weighted by atomic mass is 19.1. The summed E-state index contributed by atoms with van der Waals surface area (Å²) in [5, 5.41) is 6.49. The zero-order chi connectivity index (χ0) is 12.5. The van der Waals surface area contributed by atoms with E-state index < -0.39 is 5.82 Å². The predicted octanol–water partition coefficient (Wildman–Crippen LogP) is 1.96. The summed E-state index contributed by atoms with van der Waals surface area (Å²) >= 11 is 0. The van der Waals surface area contributed by atoms with Gasteiger partial charge >= 0.3 is 0 Å². The molecular weight excluding hydrogens is 237 g/mol. The third-order valence-electron chi connectivity index (χ3n) is 2.80. The number of rotatable bonds is 1. The quantitative estimate of drug-likeness (QED) is 0.810. The van der Waals surface area contributed by atoms with Gasteiger partial charge in [0.05, 0.1) is 19.4 Å².